The van der Waals surface area contributed by atoms with Gasteiger partial charge in [-0.25, -0.2) is 4.39 Å². The summed E-state index contributed by atoms with van der Waals surface area (Å²) in [5, 5.41) is 8.31. The topological polar surface area (TPSA) is 24.7 Å². The zero-order valence-electron chi connectivity index (χ0n) is 19.5. The molecule has 170 valence electrons. The van der Waals surface area contributed by atoms with Gasteiger partial charge < -0.3 is 0 Å². The molecule has 3 rings (SSSR count). The fourth-order valence-electron chi connectivity index (χ4n) is 3.75. The van der Waals surface area contributed by atoms with Gasteiger partial charge in [0.05, 0.1) is 12.4 Å². The highest BCUT2D eigenvalue weighted by molar-refractivity contribution is 5.83. The SMILES string of the molecule is C=CCCCCCc1ccc(C=NN=Cc2ccc(-c3ccc(CCC)cc3F)cc2)cc1. The zero-order chi connectivity index (χ0) is 23.3. The van der Waals surface area contributed by atoms with E-state index in [9.17, 15) is 4.39 Å². The molecular formula is C30H33FN2. The maximum Gasteiger partial charge on any atom is 0.131 e. The average molecular weight is 441 g/mol. The van der Waals surface area contributed by atoms with Crippen LogP contribution < -0.4 is 0 Å². The molecule has 3 aromatic carbocycles. The van der Waals surface area contributed by atoms with Crippen molar-refractivity contribution in [2.24, 2.45) is 10.2 Å². The van der Waals surface area contributed by atoms with Crippen LogP contribution in [0.25, 0.3) is 11.1 Å². The van der Waals surface area contributed by atoms with Gasteiger partial charge in [0.1, 0.15) is 5.82 Å². The lowest BCUT2D eigenvalue weighted by atomic mass is 10.0. The Kier molecular flexibility index (Phi) is 9.78. The molecule has 0 saturated heterocycles. The van der Waals surface area contributed by atoms with E-state index in [1.165, 1.54) is 24.8 Å². The Hall–Kier alpha value is -3.33. The molecule has 0 fully saturated rings. The second kappa shape index (κ2) is 13.3. The number of benzene rings is 3. The lowest BCUT2D eigenvalue weighted by molar-refractivity contribution is 0.628. The van der Waals surface area contributed by atoms with E-state index in [0.717, 1.165) is 47.9 Å². The highest BCUT2D eigenvalue weighted by Gasteiger charge is 2.06. The molecule has 0 radical (unpaired) electrons. The van der Waals surface area contributed by atoms with E-state index >= 15 is 0 Å². The molecule has 0 aliphatic heterocycles. The molecule has 0 aromatic heterocycles. The lowest BCUT2D eigenvalue weighted by Crippen LogP contribution is -1.90. The molecule has 0 spiro atoms. The Labute approximate surface area is 197 Å². The molecule has 0 aliphatic carbocycles. The van der Waals surface area contributed by atoms with E-state index in [1.54, 1.807) is 18.5 Å². The Balaban J connectivity index is 1.51. The largest absolute Gasteiger partial charge is 0.206 e. The number of aryl methyl sites for hydroxylation is 2. The first kappa shape index (κ1) is 24.3. The van der Waals surface area contributed by atoms with Crippen LogP contribution in [-0.4, -0.2) is 12.4 Å². The number of allylic oxidation sites excluding steroid dienone is 1. The standard InChI is InChI=1S/C30H33FN2/c1-3-5-6-7-8-10-24-11-13-26(14-12-24)22-32-33-23-27-15-18-28(19-16-27)29-20-17-25(9-4-2)21-30(29)31/h3,11-23H,1,4-10H2,2H3. The summed E-state index contributed by atoms with van der Waals surface area (Å²) in [7, 11) is 0. The van der Waals surface area contributed by atoms with Gasteiger partial charge in [0.25, 0.3) is 0 Å². The van der Waals surface area contributed by atoms with Crippen molar-refractivity contribution in [1.82, 2.24) is 0 Å². The predicted molar refractivity (Wildman–Crippen MR) is 140 cm³/mol. The third kappa shape index (κ3) is 7.94. The fourth-order valence-corrected chi connectivity index (χ4v) is 3.75. The minimum Gasteiger partial charge on any atom is -0.206 e. The normalized spacial score (nSPS) is 11.5. The fraction of sp³-hybridized carbons (Fsp3) is 0.267. The molecular weight excluding hydrogens is 407 g/mol. The van der Waals surface area contributed by atoms with E-state index in [2.05, 4.69) is 48.0 Å². The molecule has 0 N–H and O–H groups in total. The molecule has 0 saturated carbocycles. The second-order valence-electron chi connectivity index (χ2n) is 8.30. The van der Waals surface area contributed by atoms with Crippen molar-refractivity contribution in [2.45, 2.75) is 51.9 Å². The van der Waals surface area contributed by atoms with Gasteiger partial charge in [-0.2, -0.15) is 10.2 Å². The summed E-state index contributed by atoms with van der Waals surface area (Å²) in [5.41, 5.74) is 5.82. The first-order valence-corrected chi connectivity index (χ1v) is 11.8. The summed E-state index contributed by atoms with van der Waals surface area (Å²) in [6.45, 7) is 5.86. The Morgan fingerprint density at radius 1 is 0.758 bits per heavy atom. The molecule has 2 nitrogen and oxygen atoms in total. The van der Waals surface area contributed by atoms with Gasteiger partial charge in [-0.1, -0.05) is 86.5 Å². The van der Waals surface area contributed by atoms with Gasteiger partial charge in [0.15, 0.2) is 0 Å². The third-order valence-corrected chi connectivity index (χ3v) is 5.63. The van der Waals surface area contributed by atoms with Gasteiger partial charge in [-0.3, -0.25) is 0 Å². The highest BCUT2D eigenvalue weighted by Crippen LogP contribution is 2.24. The number of unbranched alkanes of at least 4 members (excludes halogenated alkanes) is 3. The van der Waals surface area contributed by atoms with E-state index < -0.39 is 0 Å². The van der Waals surface area contributed by atoms with Crippen LogP contribution in [0, 0.1) is 5.82 Å². The third-order valence-electron chi connectivity index (χ3n) is 5.63. The van der Waals surface area contributed by atoms with Crippen LogP contribution >= 0.6 is 0 Å². The van der Waals surface area contributed by atoms with Crippen molar-refractivity contribution in [1.29, 1.82) is 0 Å². The molecule has 0 bridgehead atoms. The smallest absolute Gasteiger partial charge is 0.131 e. The average Bonchev–Trinajstić information content (AvgIpc) is 2.83. The molecule has 0 heterocycles. The minimum atomic E-state index is -0.175. The number of hydrogen-bond acceptors (Lipinski definition) is 2. The number of halogens is 1. The van der Waals surface area contributed by atoms with Gasteiger partial charge in [-0.15, -0.1) is 6.58 Å². The van der Waals surface area contributed by atoms with E-state index in [-0.39, 0.29) is 5.82 Å². The van der Waals surface area contributed by atoms with Crippen LogP contribution in [0.5, 0.6) is 0 Å². The summed E-state index contributed by atoms with van der Waals surface area (Å²) < 4.78 is 14.5. The zero-order valence-corrected chi connectivity index (χ0v) is 19.5. The maximum absolute atomic E-state index is 14.5. The minimum absolute atomic E-state index is 0.175. The van der Waals surface area contributed by atoms with Crippen molar-refractivity contribution in [3.8, 4) is 11.1 Å². The quantitative estimate of drug-likeness (QED) is 0.117. The highest BCUT2D eigenvalue weighted by atomic mass is 19.1. The predicted octanol–water partition coefficient (Wildman–Crippen LogP) is 8.19. The summed E-state index contributed by atoms with van der Waals surface area (Å²) in [5.74, 6) is -0.175. The lowest BCUT2D eigenvalue weighted by Gasteiger charge is -2.06. The number of nitrogens with zero attached hydrogens (tertiary/aromatic N) is 2. The molecule has 33 heavy (non-hydrogen) atoms. The van der Waals surface area contributed by atoms with Crippen molar-refractivity contribution >= 4 is 12.4 Å². The van der Waals surface area contributed by atoms with Crippen molar-refractivity contribution in [3.05, 3.63) is 107 Å². The molecule has 3 aromatic rings. The first-order chi connectivity index (χ1) is 16.2. The van der Waals surface area contributed by atoms with Crippen molar-refractivity contribution < 1.29 is 4.39 Å². The van der Waals surface area contributed by atoms with Crippen LogP contribution in [0.4, 0.5) is 4.39 Å². The molecule has 3 heteroatoms. The molecule has 0 atom stereocenters. The van der Waals surface area contributed by atoms with Crippen LogP contribution in [-0.2, 0) is 12.8 Å². The van der Waals surface area contributed by atoms with E-state index in [4.69, 9.17) is 0 Å². The number of hydrogen-bond donors (Lipinski definition) is 0. The Morgan fingerprint density at radius 3 is 2.00 bits per heavy atom. The van der Waals surface area contributed by atoms with Crippen LogP contribution in [0.1, 0.15) is 61.3 Å². The van der Waals surface area contributed by atoms with Gasteiger partial charge in [0, 0.05) is 5.56 Å². The summed E-state index contributed by atoms with van der Waals surface area (Å²) in [4.78, 5) is 0. The first-order valence-electron chi connectivity index (χ1n) is 11.8. The molecule has 0 amide bonds. The van der Waals surface area contributed by atoms with Crippen LogP contribution in [0.2, 0.25) is 0 Å². The maximum atomic E-state index is 14.5. The van der Waals surface area contributed by atoms with Gasteiger partial charge in [-0.05, 0) is 66.0 Å². The van der Waals surface area contributed by atoms with Gasteiger partial charge >= 0.3 is 0 Å². The monoisotopic (exact) mass is 440 g/mol. The summed E-state index contributed by atoms with van der Waals surface area (Å²) >= 11 is 0. The Morgan fingerprint density at radius 2 is 1.39 bits per heavy atom. The summed E-state index contributed by atoms with van der Waals surface area (Å²) in [6, 6.07) is 21.7. The van der Waals surface area contributed by atoms with E-state index in [0.29, 0.717) is 5.56 Å². The van der Waals surface area contributed by atoms with E-state index in [1.807, 2.05) is 42.5 Å². The molecule has 0 aliphatic rings. The molecule has 0 unspecified atom stereocenters. The van der Waals surface area contributed by atoms with Crippen molar-refractivity contribution in [3.63, 3.8) is 0 Å². The van der Waals surface area contributed by atoms with Gasteiger partial charge in [0.2, 0.25) is 0 Å². The van der Waals surface area contributed by atoms with Crippen molar-refractivity contribution in [2.75, 3.05) is 0 Å². The Bertz CT molecular complexity index is 1060. The summed E-state index contributed by atoms with van der Waals surface area (Å²) in [6.07, 6.45) is 13.2. The van der Waals surface area contributed by atoms with Crippen LogP contribution in [0.15, 0.2) is 89.6 Å². The number of rotatable bonds is 12. The van der Waals surface area contributed by atoms with Crippen LogP contribution in [0.3, 0.4) is 0 Å². The second-order valence-corrected chi connectivity index (χ2v) is 8.30.